The average molecular weight is 404 g/mol. The molecule has 1 aliphatic carbocycles. The van der Waals surface area contributed by atoms with Crippen LogP contribution in [0.15, 0.2) is 53.6 Å². The summed E-state index contributed by atoms with van der Waals surface area (Å²) in [5, 5.41) is 5.67. The van der Waals surface area contributed by atoms with Gasteiger partial charge in [0.05, 0.1) is 18.7 Å². The SMILES string of the molecule is O=C(CCC(=O)c1ccc2c(c1)CCC2)OCC(=O)N1CCC(c2ccccc2)=N1. The molecule has 154 valence electrons. The lowest BCUT2D eigenvalue weighted by Gasteiger charge is -2.11. The number of rotatable bonds is 7. The van der Waals surface area contributed by atoms with E-state index in [1.54, 1.807) is 0 Å². The molecule has 0 saturated heterocycles. The van der Waals surface area contributed by atoms with Crippen molar-refractivity contribution >= 4 is 23.4 Å². The highest BCUT2D eigenvalue weighted by molar-refractivity contribution is 6.02. The fourth-order valence-corrected chi connectivity index (χ4v) is 3.86. The third kappa shape index (κ3) is 4.64. The number of carbonyl (C=O) groups is 3. The number of hydrogen-bond acceptors (Lipinski definition) is 5. The highest BCUT2D eigenvalue weighted by Crippen LogP contribution is 2.23. The lowest BCUT2D eigenvalue weighted by atomic mass is 10.0. The number of aryl methyl sites for hydroxylation is 2. The van der Waals surface area contributed by atoms with Crippen molar-refractivity contribution in [1.82, 2.24) is 5.01 Å². The molecule has 30 heavy (non-hydrogen) atoms. The molecular formula is C24H24N2O4. The van der Waals surface area contributed by atoms with E-state index in [9.17, 15) is 14.4 Å². The number of ether oxygens (including phenoxy) is 1. The number of ketones is 1. The lowest BCUT2D eigenvalue weighted by Crippen LogP contribution is -2.28. The van der Waals surface area contributed by atoms with Crippen molar-refractivity contribution in [1.29, 1.82) is 0 Å². The summed E-state index contributed by atoms with van der Waals surface area (Å²) in [5.41, 5.74) is 5.00. The van der Waals surface area contributed by atoms with Gasteiger partial charge in [0.15, 0.2) is 12.4 Å². The molecular weight excluding hydrogens is 380 g/mol. The van der Waals surface area contributed by atoms with E-state index in [0.29, 0.717) is 18.5 Å². The van der Waals surface area contributed by atoms with Gasteiger partial charge in [-0.05, 0) is 42.0 Å². The molecule has 0 unspecified atom stereocenters. The first-order valence-corrected chi connectivity index (χ1v) is 10.3. The van der Waals surface area contributed by atoms with Gasteiger partial charge in [-0.15, -0.1) is 0 Å². The van der Waals surface area contributed by atoms with Gasteiger partial charge in [0.2, 0.25) is 0 Å². The van der Waals surface area contributed by atoms with Crippen molar-refractivity contribution in [2.24, 2.45) is 5.10 Å². The van der Waals surface area contributed by atoms with Crippen molar-refractivity contribution in [2.75, 3.05) is 13.2 Å². The summed E-state index contributed by atoms with van der Waals surface area (Å²) in [7, 11) is 0. The average Bonchev–Trinajstić information content (AvgIpc) is 3.45. The summed E-state index contributed by atoms with van der Waals surface area (Å²) in [6.45, 7) is 0.106. The number of hydrogen-bond donors (Lipinski definition) is 0. The summed E-state index contributed by atoms with van der Waals surface area (Å²) in [5.74, 6) is -0.992. The molecule has 0 saturated carbocycles. The first kappa shape index (κ1) is 20.0. The topological polar surface area (TPSA) is 76.0 Å². The minimum Gasteiger partial charge on any atom is -0.455 e. The monoisotopic (exact) mass is 404 g/mol. The van der Waals surface area contributed by atoms with Crippen LogP contribution >= 0.6 is 0 Å². The van der Waals surface area contributed by atoms with E-state index in [-0.39, 0.29) is 31.1 Å². The van der Waals surface area contributed by atoms with Crippen LogP contribution < -0.4 is 0 Å². The van der Waals surface area contributed by atoms with E-state index in [0.717, 1.165) is 30.5 Å². The Morgan fingerprint density at radius 1 is 0.933 bits per heavy atom. The predicted molar refractivity (Wildman–Crippen MR) is 112 cm³/mol. The molecule has 0 spiro atoms. The highest BCUT2D eigenvalue weighted by atomic mass is 16.5. The third-order valence-electron chi connectivity index (χ3n) is 5.53. The Morgan fingerprint density at radius 2 is 1.73 bits per heavy atom. The van der Waals surface area contributed by atoms with Gasteiger partial charge < -0.3 is 4.74 Å². The molecule has 6 heteroatoms. The van der Waals surface area contributed by atoms with Crippen LogP contribution in [0, 0.1) is 0 Å². The van der Waals surface area contributed by atoms with Crippen LogP contribution in [-0.4, -0.2) is 41.5 Å². The van der Waals surface area contributed by atoms with Gasteiger partial charge in [0.1, 0.15) is 0 Å². The van der Waals surface area contributed by atoms with Gasteiger partial charge in [-0.25, -0.2) is 5.01 Å². The van der Waals surface area contributed by atoms with Crippen LogP contribution in [0.5, 0.6) is 0 Å². The van der Waals surface area contributed by atoms with Crippen molar-refractivity contribution in [3.05, 3.63) is 70.8 Å². The molecule has 0 bridgehead atoms. The fraction of sp³-hybridized carbons (Fsp3) is 0.333. The smallest absolute Gasteiger partial charge is 0.306 e. The van der Waals surface area contributed by atoms with Gasteiger partial charge in [0.25, 0.3) is 5.91 Å². The van der Waals surface area contributed by atoms with Gasteiger partial charge in [-0.1, -0.05) is 42.5 Å². The number of Topliss-reactive ketones (excluding diaryl/α,β-unsaturated/α-hetero) is 1. The molecule has 4 rings (SSSR count). The second-order valence-corrected chi connectivity index (χ2v) is 7.60. The molecule has 0 radical (unpaired) electrons. The maximum Gasteiger partial charge on any atom is 0.306 e. The zero-order chi connectivity index (χ0) is 20.9. The van der Waals surface area contributed by atoms with Crippen molar-refractivity contribution in [3.63, 3.8) is 0 Å². The zero-order valence-corrected chi connectivity index (χ0v) is 16.8. The molecule has 2 aromatic carbocycles. The third-order valence-corrected chi connectivity index (χ3v) is 5.53. The minimum absolute atomic E-state index is 0.0399. The van der Waals surface area contributed by atoms with E-state index in [1.165, 1.54) is 16.1 Å². The Hall–Kier alpha value is -3.28. The predicted octanol–water partition coefficient (Wildman–Crippen LogP) is 3.32. The van der Waals surface area contributed by atoms with Crippen LogP contribution in [0.25, 0.3) is 0 Å². The van der Waals surface area contributed by atoms with Crippen LogP contribution in [-0.2, 0) is 27.2 Å². The Labute approximate surface area is 175 Å². The molecule has 1 heterocycles. The zero-order valence-electron chi connectivity index (χ0n) is 16.8. The van der Waals surface area contributed by atoms with Crippen molar-refractivity contribution in [2.45, 2.75) is 38.5 Å². The number of amides is 1. The van der Waals surface area contributed by atoms with Crippen LogP contribution in [0.4, 0.5) is 0 Å². The van der Waals surface area contributed by atoms with Crippen LogP contribution in [0.2, 0.25) is 0 Å². The number of nitrogens with zero attached hydrogens (tertiary/aromatic N) is 2. The minimum atomic E-state index is -0.552. The van der Waals surface area contributed by atoms with E-state index < -0.39 is 5.97 Å². The molecule has 2 aromatic rings. The summed E-state index contributed by atoms with van der Waals surface area (Å²) in [6.07, 6.45) is 3.90. The molecule has 0 aromatic heterocycles. The number of benzene rings is 2. The second kappa shape index (κ2) is 9.03. The standard InChI is InChI=1S/C24H24N2O4/c27-22(20-10-9-17-7-4-8-19(17)15-20)11-12-24(29)30-16-23(28)26-14-13-21(25-26)18-5-2-1-3-6-18/h1-3,5-6,9-10,15H,4,7-8,11-14,16H2. The molecule has 0 atom stereocenters. The molecule has 0 fully saturated rings. The maximum absolute atomic E-state index is 12.4. The highest BCUT2D eigenvalue weighted by Gasteiger charge is 2.23. The lowest BCUT2D eigenvalue weighted by molar-refractivity contribution is -0.151. The molecule has 6 nitrogen and oxygen atoms in total. The largest absolute Gasteiger partial charge is 0.455 e. The molecule has 2 aliphatic rings. The van der Waals surface area contributed by atoms with E-state index in [2.05, 4.69) is 5.10 Å². The van der Waals surface area contributed by atoms with Crippen molar-refractivity contribution in [3.8, 4) is 0 Å². The summed E-state index contributed by atoms with van der Waals surface area (Å²) in [4.78, 5) is 36.6. The summed E-state index contributed by atoms with van der Waals surface area (Å²) < 4.78 is 5.07. The van der Waals surface area contributed by atoms with Gasteiger partial charge in [-0.3, -0.25) is 14.4 Å². The van der Waals surface area contributed by atoms with E-state index in [1.807, 2.05) is 48.5 Å². The van der Waals surface area contributed by atoms with Gasteiger partial charge in [0, 0.05) is 18.4 Å². The first-order chi connectivity index (χ1) is 14.6. The summed E-state index contributed by atoms with van der Waals surface area (Å²) >= 11 is 0. The first-order valence-electron chi connectivity index (χ1n) is 10.3. The van der Waals surface area contributed by atoms with Crippen molar-refractivity contribution < 1.29 is 19.1 Å². The Kier molecular flexibility index (Phi) is 6.02. The number of esters is 1. The number of fused-ring (bicyclic) bond motifs is 1. The number of carbonyl (C=O) groups excluding carboxylic acids is 3. The van der Waals surface area contributed by atoms with Crippen LogP contribution in [0.3, 0.4) is 0 Å². The fourth-order valence-electron chi connectivity index (χ4n) is 3.86. The van der Waals surface area contributed by atoms with E-state index in [4.69, 9.17) is 4.74 Å². The Balaban J connectivity index is 1.22. The molecule has 1 aliphatic heterocycles. The summed E-state index contributed by atoms with van der Waals surface area (Å²) in [6, 6.07) is 15.5. The Morgan fingerprint density at radius 3 is 2.57 bits per heavy atom. The second-order valence-electron chi connectivity index (χ2n) is 7.60. The molecule has 0 N–H and O–H groups in total. The van der Waals surface area contributed by atoms with Crippen LogP contribution in [0.1, 0.15) is 52.7 Å². The van der Waals surface area contributed by atoms with E-state index >= 15 is 0 Å². The molecule has 1 amide bonds. The Bertz CT molecular complexity index is 998. The van der Waals surface area contributed by atoms with Gasteiger partial charge in [-0.2, -0.15) is 5.10 Å². The quantitative estimate of drug-likeness (QED) is 0.524. The van der Waals surface area contributed by atoms with Gasteiger partial charge >= 0.3 is 5.97 Å². The maximum atomic E-state index is 12.4. The number of hydrazone groups is 1. The normalized spacial score (nSPS) is 14.9.